The summed E-state index contributed by atoms with van der Waals surface area (Å²) in [5.41, 5.74) is 1.87. The van der Waals surface area contributed by atoms with Crippen LogP contribution in [0.25, 0.3) is 5.70 Å². The van der Waals surface area contributed by atoms with Gasteiger partial charge in [0, 0.05) is 39.1 Å². The first-order valence-corrected chi connectivity index (χ1v) is 9.18. The molecular formula is C14H22ClN5O2S. The Morgan fingerprint density at radius 1 is 1.52 bits per heavy atom. The monoisotopic (exact) mass is 359 g/mol. The number of allylic oxidation sites excluding steroid dienone is 1. The van der Waals surface area contributed by atoms with Crippen LogP contribution in [0.1, 0.15) is 25.5 Å². The number of halogens is 1. The van der Waals surface area contributed by atoms with Crippen LogP contribution in [0.4, 0.5) is 0 Å². The number of piperidine rings is 1. The SMILES string of the molecule is C=Nn1cc(Cl)cc1/C(=C\C)N1CCC(N(C)S(N)(=O)=O)CC1. The van der Waals surface area contributed by atoms with Gasteiger partial charge >= 0.3 is 0 Å². The summed E-state index contributed by atoms with van der Waals surface area (Å²) in [6.07, 6.45) is 5.12. The van der Waals surface area contributed by atoms with Crippen molar-refractivity contribution in [1.82, 2.24) is 13.9 Å². The lowest BCUT2D eigenvalue weighted by Gasteiger charge is -2.37. The van der Waals surface area contributed by atoms with Crippen molar-refractivity contribution in [3.63, 3.8) is 0 Å². The largest absolute Gasteiger partial charge is 0.370 e. The van der Waals surface area contributed by atoms with Crippen molar-refractivity contribution in [2.75, 3.05) is 20.1 Å². The van der Waals surface area contributed by atoms with Gasteiger partial charge in [-0.05, 0) is 25.8 Å². The summed E-state index contributed by atoms with van der Waals surface area (Å²) >= 11 is 6.06. The van der Waals surface area contributed by atoms with Gasteiger partial charge < -0.3 is 4.90 Å². The van der Waals surface area contributed by atoms with E-state index in [1.165, 1.54) is 11.4 Å². The van der Waals surface area contributed by atoms with E-state index in [-0.39, 0.29) is 6.04 Å². The van der Waals surface area contributed by atoms with E-state index < -0.39 is 10.2 Å². The van der Waals surface area contributed by atoms with Gasteiger partial charge in [0.2, 0.25) is 0 Å². The molecule has 7 nitrogen and oxygen atoms in total. The van der Waals surface area contributed by atoms with E-state index >= 15 is 0 Å². The van der Waals surface area contributed by atoms with Crippen molar-refractivity contribution < 1.29 is 8.42 Å². The molecule has 0 aromatic carbocycles. The van der Waals surface area contributed by atoms with E-state index in [2.05, 4.69) is 16.7 Å². The number of hydrogen-bond acceptors (Lipinski definition) is 4. The van der Waals surface area contributed by atoms with E-state index in [1.807, 2.05) is 19.1 Å². The molecule has 0 saturated carbocycles. The average molecular weight is 360 g/mol. The highest BCUT2D eigenvalue weighted by Crippen LogP contribution is 2.28. The van der Waals surface area contributed by atoms with Crippen LogP contribution in [-0.2, 0) is 10.2 Å². The Kier molecular flexibility index (Phi) is 5.51. The Bertz CT molecular complexity index is 705. The minimum absolute atomic E-state index is 0.0766. The Labute approximate surface area is 142 Å². The minimum atomic E-state index is -3.65. The second-order valence-electron chi connectivity index (χ2n) is 5.48. The van der Waals surface area contributed by atoms with Gasteiger partial charge in [-0.1, -0.05) is 17.7 Å². The highest BCUT2D eigenvalue weighted by molar-refractivity contribution is 7.86. The van der Waals surface area contributed by atoms with Crippen molar-refractivity contribution >= 4 is 34.2 Å². The molecule has 0 atom stereocenters. The zero-order valence-corrected chi connectivity index (χ0v) is 14.9. The first kappa shape index (κ1) is 18.0. The number of nitrogens with zero attached hydrogens (tertiary/aromatic N) is 4. The third-order valence-electron chi connectivity index (χ3n) is 4.18. The van der Waals surface area contributed by atoms with Crippen molar-refractivity contribution in [3.05, 3.63) is 29.1 Å². The summed E-state index contributed by atoms with van der Waals surface area (Å²) < 4.78 is 25.8. The van der Waals surface area contributed by atoms with Crippen LogP contribution in [0.15, 0.2) is 23.4 Å². The predicted molar refractivity (Wildman–Crippen MR) is 93.5 cm³/mol. The molecule has 0 spiro atoms. The summed E-state index contributed by atoms with van der Waals surface area (Å²) in [6.45, 7) is 6.95. The molecule has 128 valence electrons. The van der Waals surface area contributed by atoms with E-state index in [1.54, 1.807) is 10.9 Å². The van der Waals surface area contributed by atoms with Crippen LogP contribution in [0.3, 0.4) is 0 Å². The summed E-state index contributed by atoms with van der Waals surface area (Å²) in [5.74, 6) is 0. The maximum Gasteiger partial charge on any atom is 0.276 e. The molecule has 1 aliphatic rings. The Hall–Kier alpha value is -1.35. The van der Waals surface area contributed by atoms with Gasteiger partial charge in [0.05, 0.1) is 16.4 Å². The molecule has 0 aliphatic carbocycles. The third kappa shape index (κ3) is 3.95. The summed E-state index contributed by atoms with van der Waals surface area (Å²) in [7, 11) is -2.12. The third-order valence-corrected chi connectivity index (χ3v) is 5.48. The minimum Gasteiger partial charge on any atom is -0.370 e. The topological polar surface area (TPSA) is 83.9 Å². The summed E-state index contributed by atoms with van der Waals surface area (Å²) in [4.78, 5) is 2.20. The van der Waals surface area contributed by atoms with E-state index in [0.717, 1.165) is 24.5 Å². The fraction of sp³-hybridized carbons (Fsp3) is 0.500. The molecule has 0 bridgehead atoms. The number of nitrogens with two attached hydrogens (primary N) is 1. The van der Waals surface area contributed by atoms with Crippen molar-refractivity contribution in [2.24, 2.45) is 10.2 Å². The lowest BCUT2D eigenvalue weighted by atomic mass is 10.0. The van der Waals surface area contributed by atoms with Gasteiger partial charge in [0.15, 0.2) is 0 Å². The van der Waals surface area contributed by atoms with Gasteiger partial charge in [-0.3, -0.25) is 0 Å². The van der Waals surface area contributed by atoms with Crippen LogP contribution in [0, 0.1) is 0 Å². The molecule has 1 fully saturated rings. The van der Waals surface area contributed by atoms with Gasteiger partial charge in [0.1, 0.15) is 0 Å². The molecule has 1 saturated heterocycles. The van der Waals surface area contributed by atoms with Crippen molar-refractivity contribution in [2.45, 2.75) is 25.8 Å². The van der Waals surface area contributed by atoms with Crippen LogP contribution in [0.2, 0.25) is 5.02 Å². The van der Waals surface area contributed by atoms with E-state index in [4.69, 9.17) is 16.7 Å². The van der Waals surface area contributed by atoms with Gasteiger partial charge in [-0.15, -0.1) is 0 Å². The lowest BCUT2D eigenvalue weighted by molar-refractivity contribution is 0.223. The molecule has 1 aromatic heterocycles. The highest BCUT2D eigenvalue weighted by atomic mass is 35.5. The molecule has 2 heterocycles. The zero-order valence-electron chi connectivity index (χ0n) is 13.3. The van der Waals surface area contributed by atoms with E-state index in [9.17, 15) is 8.42 Å². The fourth-order valence-corrected chi connectivity index (χ4v) is 3.72. The summed E-state index contributed by atoms with van der Waals surface area (Å²) in [5, 5.41) is 9.73. The number of hydrogen-bond donors (Lipinski definition) is 1. The average Bonchev–Trinajstić information content (AvgIpc) is 2.88. The Morgan fingerprint density at radius 3 is 2.61 bits per heavy atom. The molecule has 2 rings (SSSR count). The highest BCUT2D eigenvalue weighted by Gasteiger charge is 2.29. The van der Waals surface area contributed by atoms with Crippen LogP contribution >= 0.6 is 11.6 Å². The van der Waals surface area contributed by atoms with Crippen LogP contribution < -0.4 is 5.14 Å². The summed E-state index contributed by atoms with van der Waals surface area (Å²) in [6, 6.07) is 1.76. The normalized spacial score (nSPS) is 17.8. The predicted octanol–water partition coefficient (Wildman–Crippen LogP) is 1.57. The molecule has 23 heavy (non-hydrogen) atoms. The van der Waals surface area contributed by atoms with Gasteiger partial charge in [-0.2, -0.15) is 17.8 Å². The first-order valence-electron chi connectivity index (χ1n) is 7.30. The molecule has 1 aromatic rings. The second kappa shape index (κ2) is 7.04. The Morgan fingerprint density at radius 2 is 2.13 bits per heavy atom. The van der Waals surface area contributed by atoms with Crippen LogP contribution in [0.5, 0.6) is 0 Å². The fourth-order valence-electron chi connectivity index (χ4n) is 2.90. The smallest absolute Gasteiger partial charge is 0.276 e. The maximum absolute atomic E-state index is 11.5. The molecule has 9 heteroatoms. The van der Waals surface area contributed by atoms with Crippen LogP contribution in [-0.4, -0.2) is 55.2 Å². The first-order chi connectivity index (χ1) is 10.8. The number of aromatic nitrogens is 1. The molecule has 0 radical (unpaired) electrons. The number of likely N-dealkylation sites (tertiary alicyclic amines) is 1. The van der Waals surface area contributed by atoms with Gasteiger partial charge in [0.25, 0.3) is 10.2 Å². The molecular weight excluding hydrogens is 338 g/mol. The Balaban J connectivity index is 2.13. The second-order valence-corrected chi connectivity index (χ2v) is 7.53. The zero-order chi connectivity index (χ0) is 17.2. The molecule has 2 N–H and O–H groups in total. The van der Waals surface area contributed by atoms with Crippen molar-refractivity contribution in [3.8, 4) is 0 Å². The molecule has 1 aliphatic heterocycles. The molecule has 0 unspecified atom stereocenters. The molecule has 0 amide bonds. The van der Waals surface area contributed by atoms with E-state index in [0.29, 0.717) is 17.9 Å². The lowest BCUT2D eigenvalue weighted by Crippen LogP contribution is -2.47. The van der Waals surface area contributed by atoms with Crippen molar-refractivity contribution in [1.29, 1.82) is 0 Å². The quantitative estimate of drug-likeness (QED) is 0.810. The van der Waals surface area contributed by atoms with Gasteiger partial charge in [-0.25, -0.2) is 9.82 Å². The maximum atomic E-state index is 11.5. The standard InChI is InChI=1S/C14H22ClN5O2S/c1-4-13(14-9-11(15)10-20(14)17-2)19-7-5-12(6-8-19)18(3)23(16,21)22/h4,9-10,12H,2,5-8H2,1,3H3,(H2,16,21,22)/b13-4+. The number of rotatable bonds is 5.